The molecule has 0 atom stereocenters. The summed E-state index contributed by atoms with van der Waals surface area (Å²) in [4.78, 5) is 0. The van der Waals surface area contributed by atoms with E-state index in [9.17, 15) is 21.6 Å². The molecule has 0 spiro atoms. The van der Waals surface area contributed by atoms with Crippen molar-refractivity contribution < 1.29 is 39.7 Å². The number of hydrogen-bond acceptors (Lipinski definition) is 6. The minimum Gasteiger partial charge on any atom is -0.541 e. The van der Waals surface area contributed by atoms with Crippen LogP contribution in [0.2, 0.25) is 18.1 Å². The molecule has 11 heteroatoms. The Labute approximate surface area is 175 Å². The zero-order chi connectivity index (χ0) is 23.1. The van der Waals surface area contributed by atoms with Crippen molar-refractivity contribution >= 4 is 29.2 Å². The van der Waals surface area contributed by atoms with Crippen LogP contribution in [0.3, 0.4) is 0 Å². The molecule has 2 rings (SSSR count). The Bertz CT molecular complexity index is 1040. The Hall–Kier alpha value is -2.14. The van der Waals surface area contributed by atoms with Gasteiger partial charge in [0.1, 0.15) is 17.2 Å². The van der Waals surface area contributed by atoms with Crippen molar-refractivity contribution in [1.82, 2.24) is 0 Å². The zero-order valence-electron chi connectivity index (χ0n) is 17.8. The molecule has 0 aliphatic carbocycles. The number of halogens is 3. The van der Waals surface area contributed by atoms with E-state index in [-0.39, 0.29) is 10.8 Å². The van der Waals surface area contributed by atoms with Crippen LogP contribution < -0.4 is 18.1 Å². The second-order valence-corrected chi connectivity index (χ2v) is 14.4. The van der Waals surface area contributed by atoms with Crippen LogP contribution in [-0.4, -0.2) is 36.5 Å². The highest BCUT2D eigenvalue weighted by atomic mass is 32.2. The lowest BCUT2D eigenvalue weighted by Crippen LogP contribution is -2.44. The molecule has 0 amide bonds. The molecule has 0 unspecified atom stereocenters. The molecule has 0 aromatic heterocycles. The van der Waals surface area contributed by atoms with Crippen molar-refractivity contribution in [2.45, 2.75) is 44.4 Å². The third-order valence-electron chi connectivity index (χ3n) is 5.09. The molecule has 168 valence electrons. The van der Waals surface area contributed by atoms with Gasteiger partial charge in [0.05, 0.1) is 14.2 Å². The Morgan fingerprint density at radius 1 is 0.833 bits per heavy atom. The van der Waals surface area contributed by atoms with Gasteiger partial charge in [-0.05, 0) is 42.4 Å². The number of methoxy groups -OCH3 is 2. The van der Waals surface area contributed by atoms with Crippen molar-refractivity contribution in [2.24, 2.45) is 0 Å². The second-order valence-electron chi connectivity index (χ2n) is 8.16. The van der Waals surface area contributed by atoms with E-state index in [2.05, 4.69) is 4.18 Å². The first kappa shape index (κ1) is 24.1. The van der Waals surface area contributed by atoms with Crippen LogP contribution in [-0.2, 0) is 10.1 Å². The number of rotatable bonds is 6. The van der Waals surface area contributed by atoms with Gasteiger partial charge in [-0.15, -0.1) is 0 Å². The Balaban J connectivity index is 2.81. The maximum Gasteiger partial charge on any atom is 0.534 e. The SMILES string of the molecule is COc1ccc(OC)c2cc(OS(=O)(=O)C(F)(F)F)c(O[Si](C)(C)C(C)(C)C)cc12. The van der Waals surface area contributed by atoms with E-state index in [0.717, 1.165) is 6.07 Å². The van der Waals surface area contributed by atoms with Crippen molar-refractivity contribution in [2.75, 3.05) is 14.2 Å². The van der Waals surface area contributed by atoms with Crippen molar-refractivity contribution in [3.63, 3.8) is 0 Å². The molecule has 0 heterocycles. The Morgan fingerprint density at radius 3 is 1.63 bits per heavy atom. The van der Waals surface area contributed by atoms with E-state index >= 15 is 0 Å². The first-order valence-electron chi connectivity index (χ1n) is 8.92. The standard InChI is InChI=1S/C19H25F3O6SSi/c1-18(2,3)30(6,7)28-17-11-13-12(14(25-4)8-9-15(13)26-5)10-16(17)27-29(23,24)19(20,21)22/h8-11H,1-7H3. The largest absolute Gasteiger partial charge is 0.541 e. The molecule has 0 saturated heterocycles. The van der Waals surface area contributed by atoms with E-state index < -0.39 is 29.7 Å². The molecular formula is C19H25F3O6SSi. The molecule has 0 N–H and O–H groups in total. The average Bonchev–Trinajstić information content (AvgIpc) is 2.58. The maximum atomic E-state index is 13.0. The Morgan fingerprint density at radius 2 is 1.27 bits per heavy atom. The van der Waals surface area contributed by atoms with Crippen LogP contribution in [0.1, 0.15) is 20.8 Å². The van der Waals surface area contributed by atoms with Gasteiger partial charge in [-0.25, -0.2) is 0 Å². The van der Waals surface area contributed by atoms with E-state index in [1.54, 1.807) is 12.1 Å². The van der Waals surface area contributed by atoms with Gasteiger partial charge in [-0.1, -0.05) is 20.8 Å². The first-order chi connectivity index (χ1) is 13.5. The number of fused-ring (bicyclic) bond motifs is 1. The van der Waals surface area contributed by atoms with Crippen LogP contribution in [0.25, 0.3) is 10.8 Å². The fourth-order valence-corrected chi connectivity index (χ4v) is 3.87. The smallest absolute Gasteiger partial charge is 0.534 e. The fourth-order valence-electron chi connectivity index (χ4n) is 2.39. The van der Waals surface area contributed by atoms with Gasteiger partial charge in [-0.2, -0.15) is 21.6 Å². The molecule has 0 aliphatic rings. The topological polar surface area (TPSA) is 71.1 Å². The van der Waals surface area contributed by atoms with Crippen molar-refractivity contribution in [3.8, 4) is 23.0 Å². The zero-order valence-corrected chi connectivity index (χ0v) is 19.6. The van der Waals surface area contributed by atoms with Gasteiger partial charge in [0.15, 0.2) is 5.75 Å². The summed E-state index contributed by atoms with van der Waals surface area (Å²) in [5, 5.41) is 0.481. The number of ether oxygens (including phenoxy) is 2. The normalized spacial score (nSPS) is 13.3. The van der Waals surface area contributed by atoms with E-state index in [1.807, 2.05) is 33.9 Å². The van der Waals surface area contributed by atoms with Gasteiger partial charge in [0.2, 0.25) is 0 Å². The predicted molar refractivity (Wildman–Crippen MR) is 110 cm³/mol. The lowest BCUT2D eigenvalue weighted by atomic mass is 10.1. The van der Waals surface area contributed by atoms with Crippen LogP contribution in [0, 0.1) is 0 Å². The van der Waals surface area contributed by atoms with Crippen LogP contribution in [0.15, 0.2) is 24.3 Å². The van der Waals surface area contributed by atoms with Gasteiger partial charge in [0, 0.05) is 10.8 Å². The Kier molecular flexibility index (Phi) is 6.31. The van der Waals surface area contributed by atoms with Crippen LogP contribution in [0.5, 0.6) is 23.0 Å². The highest BCUT2D eigenvalue weighted by Crippen LogP contribution is 2.45. The number of alkyl halides is 3. The molecular weight excluding hydrogens is 441 g/mol. The maximum absolute atomic E-state index is 13.0. The summed E-state index contributed by atoms with van der Waals surface area (Å²) >= 11 is 0. The molecule has 2 aromatic carbocycles. The molecule has 0 bridgehead atoms. The summed E-state index contributed by atoms with van der Waals surface area (Å²) in [6.07, 6.45) is 0. The van der Waals surface area contributed by atoms with Crippen LogP contribution in [0.4, 0.5) is 13.2 Å². The average molecular weight is 467 g/mol. The van der Waals surface area contributed by atoms with Gasteiger partial charge >= 0.3 is 15.6 Å². The van der Waals surface area contributed by atoms with Crippen molar-refractivity contribution in [1.29, 1.82) is 0 Å². The lowest BCUT2D eigenvalue weighted by Gasteiger charge is -2.36. The highest BCUT2D eigenvalue weighted by molar-refractivity contribution is 7.88. The van der Waals surface area contributed by atoms with Gasteiger partial charge in [-0.3, -0.25) is 0 Å². The third-order valence-corrected chi connectivity index (χ3v) is 10.4. The minimum atomic E-state index is -5.90. The number of hydrogen-bond donors (Lipinski definition) is 0. The molecule has 2 aromatic rings. The predicted octanol–water partition coefficient (Wildman–Crippen LogP) is 5.47. The quantitative estimate of drug-likeness (QED) is 0.319. The first-order valence-corrected chi connectivity index (χ1v) is 13.2. The molecule has 0 aliphatic heterocycles. The summed E-state index contributed by atoms with van der Waals surface area (Å²) in [6, 6.07) is 5.75. The van der Waals surface area contributed by atoms with E-state index in [0.29, 0.717) is 22.3 Å². The lowest BCUT2D eigenvalue weighted by molar-refractivity contribution is -0.0500. The second kappa shape index (κ2) is 7.84. The molecule has 30 heavy (non-hydrogen) atoms. The van der Waals surface area contributed by atoms with Crippen LogP contribution >= 0.6 is 0 Å². The van der Waals surface area contributed by atoms with E-state index in [4.69, 9.17) is 13.9 Å². The fraction of sp³-hybridized carbons (Fsp3) is 0.474. The van der Waals surface area contributed by atoms with Crippen molar-refractivity contribution in [3.05, 3.63) is 24.3 Å². The van der Waals surface area contributed by atoms with Gasteiger partial charge in [0.25, 0.3) is 8.32 Å². The molecule has 6 nitrogen and oxygen atoms in total. The summed E-state index contributed by atoms with van der Waals surface area (Å²) in [7, 11) is -5.65. The summed E-state index contributed by atoms with van der Waals surface area (Å²) in [6.45, 7) is 9.58. The third kappa shape index (κ3) is 4.61. The monoisotopic (exact) mass is 466 g/mol. The molecule has 0 radical (unpaired) electrons. The van der Waals surface area contributed by atoms with E-state index in [1.165, 1.54) is 20.3 Å². The minimum absolute atomic E-state index is 0.117. The number of benzene rings is 2. The van der Waals surface area contributed by atoms with Gasteiger partial charge < -0.3 is 18.1 Å². The molecule has 0 fully saturated rings. The summed E-state index contributed by atoms with van der Waals surface area (Å²) in [5.41, 5.74) is -5.59. The molecule has 0 saturated carbocycles. The summed E-state index contributed by atoms with van der Waals surface area (Å²) < 4.78 is 83.5. The highest BCUT2D eigenvalue weighted by Gasteiger charge is 2.49. The summed E-state index contributed by atoms with van der Waals surface area (Å²) in [5.74, 6) is 0.0275.